The minimum Gasteiger partial charge on any atom is -0.377 e. The first-order valence-corrected chi connectivity index (χ1v) is 9.03. The molecule has 1 atom stereocenters. The fourth-order valence-electron chi connectivity index (χ4n) is 2.53. The Labute approximate surface area is 127 Å². The molecule has 1 unspecified atom stereocenters. The highest BCUT2D eigenvalue weighted by Crippen LogP contribution is 2.17. The Morgan fingerprint density at radius 1 is 1.29 bits per heavy atom. The normalized spacial score (nSPS) is 19.3. The second-order valence-electron chi connectivity index (χ2n) is 5.36. The number of rotatable bonds is 7. The third kappa shape index (κ3) is 4.51. The van der Waals surface area contributed by atoms with Crippen molar-refractivity contribution in [3.8, 4) is 0 Å². The molecule has 2 N–H and O–H groups in total. The number of benzene rings is 1. The summed E-state index contributed by atoms with van der Waals surface area (Å²) in [4.78, 5) is 0. The molecule has 1 aromatic carbocycles. The molecule has 0 radical (unpaired) electrons. The van der Waals surface area contributed by atoms with E-state index >= 15 is 0 Å². The van der Waals surface area contributed by atoms with Gasteiger partial charge in [-0.3, -0.25) is 0 Å². The second kappa shape index (κ2) is 7.35. The number of likely N-dealkylation sites (N-methyl/N-ethyl adjacent to an activating group) is 1. The summed E-state index contributed by atoms with van der Waals surface area (Å²) in [6.45, 7) is 4.00. The van der Waals surface area contributed by atoms with Gasteiger partial charge in [0.05, 0.1) is 11.9 Å². The van der Waals surface area contributed by atoms with E-state index in [4.69, 9.17) is 10.5 Å². The van der Waals surface area contributed by atoms with Crippen LogP contribution in [0, 0.1) is 0 Å². The van der Waals surface area contributed by atoms with Gasteiger partial charge in [-0.25, -0.2) is 8.42 Å². The van der Waals surface area contributed by atoms with E-state index in [0.717, 1.165) is 30.6 Å². The average Bonchev–Trinajstić information content (AvgIpc) is 2.98. The molecule has 0 bridgehead atoms. The molecule has 1 saturated heterocycles. The maximum Gasteiger partial charge on any atom is 0.218 e. The van der Waals surface area contributed by atoms with Gasteiger partial charge in [-0.2, -0.15) is 4.31 Å². The summed E-state index contributed by atoms with van der Waals surface area (Å²) in [5.41, 5.74) is 7.34. The molecule has 5 nitrogen and oxygen atoms in total. The topological polar surface area (TPSA) is 72.6 Å². The number of sulfonamides is 1. The highest BCUT2D eigenvalue weighted by molar-refractivity contribution is 7.88. The summed E-state index contributed by atoms with van der Waals surface area (Å²) in [7, 11) is -3.31. The SMILES string of the molecule is CCN(CC1CCCO1)S(=O)(=O)Cc1ccc(CN)cc1. The van der Waals surface area contributed by atoms with Crippen LogP contribution in [0.4, 0.5) is 0 Å². The molecule has 118 valence electrons. The van der Waals surface area contributed by atoms with Crippen molar-refractivity contribution in [1.82, 2.24) is 4.31 Å². The molecule has 21 heavy (non-hydrogen) atoms. The second-order valence-corrected chi connectivity index (χ2v) is 7.33. The van der Waals surface area contributed by atoms with Crippen LogP contribution in [0.2, 0.25) is 0 Å². The lowest BCUT2D eigenvalue weighted by atomic mass is 10.1. The van der Waals surface area contributed by atoms with Gasteiger partial charge in [0.2, 0.25) is 10.0 Å². The van der Waals surface area contributed by atoms with Crippen LogP contribution in [-0.4, -0.2) is 38.5 Å². The fourth-order valence-corrected chi connectivity index (χ4v) is 4.11. The summed E-state index contributed by atoms with van der Waals surface area (Å²) in [6.07, 6.45) is 2.00. The van der Waals surface area contributed by atoms with E-state index in [2.05, 4.69) is 0 Å². The van der Waals surface area contributed by atoms with E-state index in [9.17, 15) is 8.42 Å². The van der Waals surface area contributed by atoms with Gasteiger partial charge in [-0.1, -0.05) is 31.2 Å². The fraction of sp³-hybridized carbons (Fsp3) is 0.600. The van der Waals surface area contributed by atoms with Gasteiger partial charge >= 0.3 is 0 Å². The van der Waals surface area contributed by atoms with E-state index in [1.54, 1.807) is 0 Å². The van der Waals surface area contributed by atoms with Gasteiger partial charge in [-0.05, 0) is 24.0 Å². The first-order valence-electron chi connectivity index (χ1n) is 7.42. The predicted octanol–water partition coefficient (Wildman–Crippen LogP) is 1.48. The molecule has 0 saturated carbocycles. The molecule has 1 fully saturated rings. The van der Waals surface area contributed by atoms with Gasteiger partial charge in [0, 0.05) is 26.2 Å². The maximum atomic E-state index is 12.5. The Bertz CT molecular complexity index is 537. The molecule has 0 amide bonds. The third-order valence-electron chi connectivity index (χ3n) is 3.79. The van der Waals surface area contributed by atoms with Crippen LogP contribution in [-0.2, 0) is 27.1 Å². The maximum absolute atomic E-state index is 12.5. The molecule has 6 heteroatoms. The lowest BCUT2D eigenvalue weighted by Gasteiger charge is -2.23. The van der Waals surface area contributed by atoms with Crippen molar-refractivity contribution >= 4 is 10.0 Å². The number of nitrogens with zero attached hydrogens (tertiary/aromatic N) is 1. The van der Waals surface area contributed by atoms with Crippen molar-refractivity contribution in [1.29, 1.82) is 0 Å². The summed E-state index contributed by atoms with van der Waals surface area (Å²) in [6, 6.07) is 7.42. The number of ether oxygens (including phenoxy) is 1. The molecule has 2 rings (SSSR count). The smallest absolute Gasteiger partial charge is 0.218 e. The standard InChI is InChI=1S/C15H24N2O3S/c1-2-17(11-15-4-3-9-20-15)21(18,19)12-14-7-5-13(10-16)6-8-14/h5-8,15H,2-4,9-12,16H2,1H3. The van der Waals surface area contributed by atoms with Crippen molar-refractivity contribution in [2.45, 2.75) is 38.2 Å². The van der Waals surface area contributed by atoms with E-state index in [-0.39, 0.29) is 11.9 Å². The van der Waals surface area contributed by atoms with Crippen molar-refractivity contribution in [3.63, 3.8) is 0 Å². The first kappa shape index (κ1) is 16.4. The van der Waals surface area contributed by atoms with Crippen LogP contribution in [0.25, 0.3) is 0 Å². The average molecular weight is 312 g/mol. The van der Waals surface area contributed by atoms with Crippen LogP contribution in [0.1, 0.15) is 30.9 Å². The number of nitrogens with two attached hydrogens (primary N) is 1. The number of hydrogen-bond donors (Lipinski definition) is 1. The van der Waals surface area contributed by atoms with E-state index < -0.39 is 10.0 Å². The van der Waals surface area contributed by atoms with Crippen molar-refractivity contribution < 1.29 is 13.2 Å². The van der Waals surface area contributed by atoms with Crippen molar-refractivity contribution in [2.24, 2.45) is 5.73 Å². The minimum absolute atomic E-state index is 0.0262. The highest BCUT2D eigenvalue weighted by atomic mass is 32.2. The highest BCUT2D eigenvalue weighted by Gasteiger charge is 2.26. The Kier molecular flexibility index (Phi) is 5.75. The molecule has 0 spiro atoms. The largest absolute Gasteiger partial charge is 0.377 e. The summed E-state index contributed by atoms with van der Waals surface area (Å²) >= 11 is 0. The monoisotopic (exact) mass is 312 g/mol. The summed E-state index contributed by atoms with van der Waals surface area (Å²) in [5.74, 6) is 0.0262. The first-order chi connectivity index (χ1) is 10.0. The summed E-state index contributed by atoms with van der Waals surface area (Å²) in [5, 5.41) is 0. The lowest BCUT2D eigenvalue weighted by molar-refractivity contribution is 0.0946. The van der Waals surface area contributed by atoms with Crippen LogP contribution < -0.4 is 5.73 Å². The quantitative estimate of drug-likeness (QED) is 0.827. The molecule has 1 heterocycles. The molecular formula is C15H24N2O3S. The lowest BCUT2D eigenvalue weighted by Crippen LogP contribution is -2.37. The van der Waals surface area contributed by atoms with Gasteiger partial charge in [0.15, 0.2) is 0 Å². The van der Waals surface area contributed by atoms with Crippen LogP contribution in [0.5, 0.6) is 0 Å². The molecule has 1 aliphatic rings. The van der Waals surface area contributed by atoms with Gasteiger partial charge < -0.3 is 10.5 Å². The van der Waals surface area contributed by atoms with Crippen molar-refractivity contribution in [3.05, 3.63) is 35.4 Å². The Morgan fingerprint density at radius 2 is 1.95 bits per heavy atom. The van der Waals surface area contributed by atoms with Crippen LogP contribution in [0.15, 0.2) is 24.3 Å². The van der Waals surface area contributed by atoms with Crippen LogP contribution in [0.3, 0.4) is 0 Å². The van der Waals surface area contributed by atoms with E-state index in [1.165, 1.54) is 4.31 Å². The zero-order chi connectivity index (χ0) is 15.3. The van der Waals surface area contributed by atoms with E-state index in [0.29, 0.717) is 19.6 Å². The van der Waals surface area contributed by atoms with E-state index in [1.807, 2.05) is 31.2 Å². The summed E-state index contributed by atoms with van der Waals surface area (Å²) < 4.78 is 32.1. The molecule has 1 aliphatic heterocycles. The van der Waals surface area contributed by atoms with Gasteiger partial charge in [0.1, 0.15) is 0 Å². The molecule has 0 aliphatic carbocycles. The zero-order valence-electron chi connectivity index (χ0n) is 12.5. The van der Waals surface area contributed by atoms with Gasteiger partial charge in [0.25, 0.3) is 0 Å². The molecule has 1 aromatic rings. The van der Waals surface area contributed by atoms with Crippen molar-refractivity contribution in [2.75, 3.05) is 19.7 Å². The van der Waals surface area contributed by atoms with Gasteiger partial charge in [-0.15, -0.1) is 0 Å². The predicted molar refractivity (Wildman–Crippen MR) is 83.2 cm³/mol. The van der Waals surface area contributed by atoms with Crippen LogP contribution >= 0.6 is 0 Å². The third-order valence-corrected chi connectivity index (χ3v) is 5.68. The Hall–Kier alpha value is -0.950. The Balaban J connectivity index is 2.03. The molecular weight excluding hydrogens is 288 g/mol. The molecule has 0 aromatic heterocycles. The Morgan fingerprint density at radius 3 is 2.48 bits per heavy atom. The number of hydrogen-bond acceptors (Lipinski definition) is 4. The minimum atomic E-state index is -3.31. The zero-order valence-corrected chi connectivity index (χ0v) is 13.3.